The second-order valence-corrected chi connectivity index (χ2v) is 8.16. The fourth-order valence-corrected chi connectivity index (χ4v) is 2.42. The Hall–Kier alpha value is -1.79. The van der Waals surface area contributed by atoms with Crippen LogP contribution in [0.2, 0.25) is 0 Å². The molecular formula is C17H30N2O5. The fourth-order valence-electron chi connectivity index (χ4n) is 2.42. The third kappa shape index (κ3) is 6.76. The van der Waals surface area contributed by atoms with Gasteiger partial charge in [0.1, 0.15) is 17.0 Å². The van der Waals surface area contributed by atoms with E-state index in [4.69, 9.17) is 9.47 Å². The summed E-state index contributed by atoms with van der Waals surface area (Å²) in [4.78, 5) is 39.2. The van der Waals surface area contributed by atoms with Crippen LogP contribution in [-0.4, -0.2) is 64.6 Å². The molecule has 1 rings (SSSR count). The minimum atomic E-state index is -0.611. The molecule has 0 aliphatic carbocycles. The molecule has 0 aromatic carbocycles. The average Bonchev–Trinajstić information content (AvgIpc) is 2.33. The first-order chi connectivity index (χ1) is 10.8. The topological polar surface area (TPSA) is 76.2 Å². The van der Waals surface area contributed by atoms with Crippen LogP contribution in [0.1, 0.15) is 54.9 Å². The Morgan fingerprint density at radius 1 is 0.917 bits per heavy atom. The second kappa shape index (κ2) is 7.40. The van der Waals surface area contributed by atoms with Crippen molar-refractivity contribution in [2.75, 3.05) is 19.6 Å². The van der Waals surface area contributed by atoms with Crippen LogP contribution in [0.4, 0.5) is 9.59 Å². The molecule has 1 aliphatic heterocycles. The van der Waals surface area contributed by atoms with Gasteiger partial charge in [0, 0.05) is 26.1 Å². The number of hydrogen-bond donors (Lipinski definition) is 0. The van der Waals surface area contributed by atoms with Crippen LogP contribution >= 0.6 is 0 Å². The lowest BCUT2D eigenvalue weighted by Crippen LogP contribution is -2.58. The SMILES string of the molecule is CC(=O)CC1CN(C(=O)OC(C)(C)C)CCN1C(=O)OC(C)(C)C. The summed E-state index contributed by atoms with van der Waals surface area (Å²) in [5, 5.41) is 0. The molecule has 7 nitrogen and oxygen atoms in total. The van der Waals surface area contributed by atoms with E-state index in [0.717, 1.165) is 0 Å². The van der Waals surface area contributed by atoms with E-state index in [-0.39, 0.29) is 18.7 Å². The molecule has 2 amide bonds. The average molecular weight is 342 g/mol. The fraction of sp³-hybridized carbons (Fsp3) is 0.824. The number of rotatable bonds is 2. The molecule has 0 aromatic heterocycles. The number of amides is 2. The first kappa shape index (κ1) is 20.3. The standard InChI is InChI=1S/C17H30N2O5/c1-12(20)10-13-11-18(14(21)23-16(2,3)4)8-9-19(13)15(22)24-17(5,6)7/h13H,8-11H2,1-7H3. The maximum atomic E-state index is 12.4. The van der Waals surface area contributed by atoms with Crippen LogP contribution in [0.15, 0.2) is 0 Å². The van der Waals surface area contributed by atoms with Crippen LogP contribution in [-0.2, 0) is 14.3 Å². The number of carbonyl (C=O) groups is 3. The normalized spacial score (nSPS) is 19.0. The molecule has 1 fully saturated rings. The number of ketones is 1. The summed E-state index contributed by atoms with van der Waals surface area (Å²) in [6.07, 6.45) is -0.712. The summed E-state index contributed by atoms with van der Waals surface area (Å²) < 4.78 is 10.8. The molecule has 0 saturated carbocycles. The molecule has 1 aliphatic rings. The summed E-state index contributed by atoms with van der Waals surface area (Å²) in [6.45, 7) is 13.2. The van der Waals surface area contributed by atoms with Crippen molar-refractivity contribution in [3.63, 3.8) is 0 Å². The van der Waals surface area contributed by atoms with E-state index in [1.807, 2.05) is 0 Å². The third-order valence-corrected chi connectivity index (χ3v) is 3.29. The van der Waals surface area contributed by atoms with Crippen molar-refractivity contribution in [1.82, 2.24) is 9.80 Å². The van der Waals surface area contributed by atoms with Gasteiger partial charge in [0.25, 0.3) is 0 Å². The largest absolute Gasteiger partial charge is 0.444 e. The van der Waals surface area contributed by atoms with Crippen molar-refractivity contribution in [2.45, 2.75) is 72.1 Å². The molecule has 24 heavy (non-hydrogen) atoms. The van der Waals surface area contributed by atoms with Gasteiger partial charge in [-0.2, -0.15) is 0 Å². The number of ether oxygens (including phenoxy) is 2. The van der Waals surface area contributed by atoms with E-state index >= 15 is 0 Å². The number of nitrogens with zero attached hydrogens (tertiary/aromatic N) is 2. The quantitative estimate of drug-likeness (QED) is 0.771. The molecule has 0 aromatic rings. The molecule has 1 saturated heterocycles. The van der Waals surface area contributed by atoms with E-state index in [1.165, 1.54) is 11.8 Å². The van der Waals surface area contributed by atoms with Gasteiger partial charge in [-0.3, -0.25) is 4.79 Å². The lowest BCUT2D eigenvalue weighted by Gasteiger charge is -2.41. The molecule has 1 atom stereocenters. The maximum absolute atomic E-state index is 12.4. The Morgan fingerprint density at radius 2 is 1.42 bits per heavy atom. The third-order valence-electron chi connectivity index (χ3n) is 3.29. The Kier molecular flexibility index (Phi) is 6.25. The zero-order valence-corrected chi connectivity index (χ0v) is 15.8. The van der Waals surface area contributed by atoms with E-state index in [9.17, 15) is 14.4 Å². The number of hydrogen-bond acceptors (Lipinski definition) is 5. The van der Waals surface area contributed by atoms with Gasteiger partial charge in [-0.15, -0.1) is 0 Å². The van der Waals surface area contributed by atoms with E-state index in [2.05, 4.69) is 0 Å². The highest BCUT2D eigenvalue weighted by Gasteiger charge is 2.36. The Morgan fingerprint density at radius 3 is 1.88 bits per heavy atom. The first-order valence-electron chi connectivity index (χ1n) is 8.25. The van der Waals surface area contributed by atoms with Crippen molar-refractivity contribution >= 4 is 18.0 Å². The van der Waals surface area contributed by atoms with E-state index < -0.39 is 29.4 Å². The summed E-state index contributed by atoms with van der Waals surface area (Å²) in [7, 11) is 0. The summed E-state index contributed by atoms with van der Waals surface area (Å²) in [5.74, 6) is -0.0420. The van der Waals surface area contributed by atoms with Gasteiger partial charge in [-0.1, -0.05) is 0 Å². The highest BCUT2D eigenvalue weighted by molar-refractivity contribution is 5.78. The van der Waals surface area contributed by atoms with Crippen LogP contribution in [0.3, 0.4) is 0 Å². The van der Waals surface area contributed by atoms with Crippen LogP contribution in [0.5, 0.6) is 0 Å². The highest BCUT2D eigenvalue weighted by Crippen LogP contribution is 2.20. The number of carbonyl (C=O) groups excluding carboxylic acids is 3. The first-order valence-corrected chi connectivity index (χ1v) is 8.25. The lowest BCUT2D eigenvalue weighted by molar-refractivity contribution is -0.118. The van der Waals surface area contributed by atoms with Crippen molar-refractivity contribution in [3.8, 4) is 0 Å². The molecule has 0 N–H and O–H groups in total. The van der Waals surface area contributed by atoms with Crippen LogP contribution in [0, 0.1) is 0 Å². The van der Waals surface area contributed by atoms with Gasteiger partial charge in [-0.05, 0) is 48.5 Å². The van der Waals surface area contributed by atoms with Crippen molar-refractivity contribution in [1.29, 1.82) is 0 Å². The second-order valence-electron chi connectivity index (χ2n) is 8.16. The minimum Gasteiger partial charge on any atom is -0.444 e. The van der Waals surface area contributed by atoms with Crippen LogP contribution < -0.4 is 0 Å². The van der Waals surface area contributed by atoms with E-state index in [0.29, 0.717) is 13.1 Å². The molecule has 0 radical (unpaired) electrons. The molecule has 138 valence electrons. The highest BCUT2D eigenvalue weighted by atomic mass is 16.6. The summed E-state index contributed by atoms with van der Waals surface area (Å²) in [5.41, 5.74) is -1.20. The Balaban J connectivity index is 2.82. The maximum Gasteiger partial charge on any atom is 0.410 e. The minimum absolute atomic E-state index is 0.0420. The number of piperazine rings is 1. The van der Waals surface area contributed by atoms with Gasteiger partial charge < -0.3 is 19.3 Å². The monoisotopic (exact) mass is 342 g/mol. The molecule has 7 heteroatoms. The zero-order valence-electron chi connectivity index (χ0n) is 15.8. The van der Waals surface area contributed by atoms with Crippen molar-refractivity contribution in [3.05, 3.63) is 0 Å². The molecule has 1 unspecified atom stereocenters. The van der Waals surface area contributed by atoms with E-state index in [1.54, 1.807) is 46.4 Å². The smallest absolute Gasteiger partial charge is 0.410 e. The predicted molar refractivity (Wildman–Crippen MR) is 89.8 cm³/mol. The summed E-state index contributed by atoms with van der Waals surface area (Å²) >= 11 is 0. The molecular weight excluding hydrogens is 312 g/mol. The van der Waals surface area contributed by atoms with Gasteiger partial charge in [0.2, 0.25) is 0 Å². The zero-order chi connectivity index (χ0) is 18.7. The van der Waals surface area contributed by atoms with Crippen molar-refractivity contribution in [2.24, 2.45) is 0 Å². The van der Waals surface area contributed by atoms with Crippen LogP contribution in [0.25, 0.3) is 0 Å². The van der Waals surface area contributed by atoms with Crippen molar-refractivity contribution < 1.29 is 23.9 Å². The Labute approximate surface area is 144 Å². The summed E-state index contributed by atoms with van der Waals surface area (Å²) in [6, 6.07) is -0.404. The molecule has 0 bridgehead atoms. The number of Topliss-reactive ketones (excluding diaryl/α,β-unsaturated/α-hetero) is 1. The molecule has 1 heterocycles. The predicted octanol–water partition coefficient (Wildman–Crippen LogP) is 2.82. The Bertz CT molecular complexity index is 490. The van der Waals surface area contributed by atoms with Gasteiger partial charge in [0.05, 0.1) is 6.04 Å². The van der Waals surface area contributed by atoms with Gasteiger partial charge >= 0.3 is 12.2 Å². The van der Waals surface area contributed by atoms with Gasteiger partial charge in [-0.25, -0.2) is 9.59 Å². The lowest BCUT2D eigenvalue weighted by atomic mass is 10.1. The van der Waals surface area contributed by atoms with Gasteiger partial charge in [0.15, 0.2) is 0 Å². The molecule has 0 spiro atoms.